The first-order chi connectivity index (χ1) is 10.0. The largest absolute Gasteiger partial charge is 0.497 e. The fraction of sp³-hybridized carbons (Fsp3) is 0.333. The molecule has 0 spiro atoms. The van der Waals surface area contributed by atoms with Crippen LogP contribution in [0.3, 0.4) is 0 Å². The van der Waals surface area contributed by atoms with Crippen molar-refractivity contribution in [1.29, 1.82) is 0 Å². The first-order valence-corrected chi connectivity index (χ1v) is 9.16. The molecule has 21 heavy (non-hydrogen) atoms. The summed E-state index contributed by atoms with van der Waals surface area (Å²) in [6.45, 7) is 0. The molecule has 0 fully saturated rings. The first kappa shape index (κ1) is 14.6. The Kier molecular flexibility index (Phi) is 3.77. The first-order valence-electron chi connectivity index (χ1n) is 6.74. The Balaban J connectivity index is 2.00. The van der Waals surface area contributed by atoms with Crippen LogP contribution in [0.4, 0.5) is 0 Å². The topological polar surface area (TPSA) is 69.4 Å². The van der Waals surface area contributed by atoms with Crippen molar-refractivity contribution in [1.82, 2.24) is 0 Å². The number of hydrogen-bond donors (Lipinski definition) is 1. The van der Waals surface area contributed by atoms with E-state index in [1.165, 1.54) is 11.3 Å². The molecule has 0 radical (unpaired) electrons. The summed E-state index contributed by atoms with van der Waals surface area (Å²) in [6.07, 6.45) is 1.28. The Bertz CT molecular complexity index is 738. The summed E-state index contributed by atoms with van der Waals surface area (Å²) >= 11 is 1.25. The molecular formula is C15H17NO3S2. The van der Waals surface area contributed by atoms with Crippen LogP contribution in [-0.2, 0) is 16.3 Å². The third-order valence-electron chi connectivity index (χ3n) is 3.98. The van der Waals surface area contributed by atoms with Gasteiger partial charge in [0.1, 0.15) is 9.96 Å². The van der Waals surface area contributed by atoms with Gasteiger partial charge in [0.15, 0.2) is 9.84 Å². The van der Waals surface area contributed by atoms with Crippen molar-refractivity contribution in [3.63, 3.8) is 0 Å². The minimum Gasteiger partial charge on any atom is -0.497 e. The Morgan fingerprint density at radius 3 is 2.81 bits per heavy atom. The number of thiophene rings is 1. The molecule has 112 valence electrons. The summed E-state index contributed by atoms with van der Waals surface area (Å²) in [7, 11) is -1.78. The lowest BCUT2D eigenvalue weighted by Crippen LogP contribution is -2.37. The van der Waals surface area contributed by atoms with Gasteiger partial charge in [-0.05, 0) is 47.5 Å². The fourth-order valence-corrected chi connectivity index (χ4v) is 5.89. The van der Waals surface area contributed by atoms with Crippen molar-refractivity contribution in [2.75, 3.05) is 7.11 Å². The normalized spacial score (nSPS) is 21.8. The SMILES string of the molecule is COc1ccc2c(c1)C(N)C(S(=O)(=O)c1cccs1)CC2. The standard InChI is InChI=1S/C15H17NO3S2/c1-19-11-6-4-10-5-7-13(15(16)12(10)9-11)21(17,18)14-3-2-8-20-14/h2-4,6,8-9,13,15H,5,7,16H2,1H3. The Hall–Kier alpha value is -1.37. The maximum absolute atomic E-state index is 12.7. The number of ether oxygens (including phenoxy) is 1. The van der Waals surface area contributed by atoms with Crippen molar-refractivity contribution >= 4 is 21.2 Å². The molecule has 1 aliphatic rings. The smallest absolute Gasteiger partial charge is 0.192 e. The van der Waals surface area contributed by atoms with E-state index in [1.807, 2.05) is 18.2 Å². The third-order valence-corrected chi connectivity index (χ3v) is 7.66. The lowest BCUT2D eigenvalue weighted by molar-refractivity contribution is 0.412. The van der Waals surface area contributed by atoms with Gasteiger partial charge in [-0.3, -0.25) is 0 Å². The molecule has 2 unspecified atom stereocenters. The number of methoxy groups -OCH3 is 1. The average molecular weight is 323 g/mol. The van der Waals surface area contributed by atoms with Crippen LogP contribution in [0.25, 0.3) is 0 Å². The highest BCUT2D eigenvalue weighted by Crippen LogP contribution is 2.37. The summed E-state index contributed by atoms with van der Waals surface area (Å²) in [5.74, 6) is 0.707. The van der Waals surface area contributed by atoms with Gasteiger partial charge in [-0.15, -0.1) is 11.3 Å². The summed E-state index contributed by atoms with van der Waals surface area (Å²) in [4.78, 5) is 0. The van der Waals surface area contributed by atoms with Gasteiger partial charge in [0.2, 0.25) is 0 Å². The molecule has 3 rings (SSSR count). The van der Waals surface area contributed by atoms with Gasteiger partial charge in [-0.2, -0.15) is 0 Å². The summed E-state index contributed by atoms with van der Waals surface area (Å²) in [5, 5.41) is 1.20. The van der Waals surface area contributed by atoms with E-state index in [1.54, 1.807) is 24.6 Å². The summed E-state index contributed by atoms with van der Waals surface area (Å²) in [6, 6.07) is 8.60. The molecule has 0 bridgehead atoms. The predicted octanol–water partition coefficient (Wildman–Crippen LogP) is 2.55. The van der Waals surface area contributed by atoms with Crippen molar-refractivity contribution in [3.05, 3.63) is 46.8 Å². The lowest BCUT2D eigenvalue weighted by atomic mass is 9.87. The highest BCUT2D eigenvalue weighted by atomic mass is 32.2. The van der Waals surface area contributed by atoms with Gasteiger partial charge in [-0.1, -0.05) is 12.1 Å². The third kappa shape index (κ3) is 2.47. The Morgan fingerprint density at radius 2 is 2.14 bits per heavy atom. The van der Waals surface area contributed by atoms with Crippen molar-refractivity contribution in [3.8, 4) is 5.75 Å². The molecule has 2 atom stereocenters. The zero-order valence-electron chi connectivity index (χ0n) is 11.7. The van der Waals surface area contributed by atoms with E-state index in [9.17, 15) is 8.42 Å². The van der Waals surface area contributed by atoms with E-state index in [2.05, 4.69) is 0 Å². The van der Waals surface area contributed by atoms with Gasteiger partial charge in [-0.25, -0.2) is 8.42 Å². The second-order valence-electron chi connectivity index (χ2n) is 5.14. The van der Waals surface area contributed by atoms with Crippen LogP contribution in [0.15, 0.2) is 39.9 Å². The van der Waals surface area contributed by atoms with E-state index >= 15 is 0 Å². The quantitative estimate of drug-likeness (QED) is 0.942. The number of benzene rings is 1. The second-order valence-corrected chi connectivity index (χ2v) is 8.49. The molecule has 4 nitrogen and oxygen atoms in total. The molecule has 0 aliphatic heterocycles. The number of sulfone groups is 1. The predicted molar refractivity (Wildman–Crippen MR) is 83.5 cm³/mol. The number of aryl methyl sites for hydroxylation is 1. The van der Waals surface area contributed by atoms with Crippen LogP contribution in [0.2, 0.25) is 0 Å². The van der Waals surface area contributed by atoms with E-state index < -0.39 is 21.1 Å². The van der Waals surface area contributed by atoms with E-state index in [0.717, 1.165) is 17.5 Å². The average Bonchev–Trinajstić information content (AvgIpc) is 3.02. The molecule has 0 amide bonds. The Labute approximate surface area is 128 Å². The van der Waals surface area contributed by atoms with Crippen LogP contribution in [0.5, 0.6) is 5.75 Å². The van der Waals surface area contributed by atoms with Gasteiger partial charge in [0.25, 0.3) is 0 Å². The summed E-state index contributed by atoms with van der Waals surface area (Å²) in [5.41, 5.74) is 8.27. The number of fused-ring (bicyclic) bond motifs is 1. The number of nitrogens with two attached hydrogens (primary N) is 1. The van der Waals surface area contributed by atoms with Crippen LogP contribution < -0.4 is 10.5 Å². The molecule has 1 heterocycles. The molecule has 2 N–H and O–H groups in total. The van der Waals surface area contributed by atoms with Gasteiger partial charge >= 0.3 is 0 Å². The number of rotatable bonds is 3. The molecule has 0 saturated carbocycles. The van der Waals surface area contributed by atoms with E-state index in [4.69, 9.17) is 10.5 Å². The van der Waals surface area contributed by atoms with Crippen molar-refractivity contribution in [2.24, 2.45) is 5.73 Å². The van der Waals surface area contributed by atoms with Crippen LogP contribution in [0.1, 0.15) is 23.6 Å². The van der Waals surface area contributed by atoms with E-state index in [-0.39, 0.29) is 0 Å². The molecular weight excluding hydrogens is 306 g/mol. The monoisotopic (exact) mass is 323 g/mol. The molecule has 1 aromatic carbocycles. The van der Waals surface area contributed by atoms with Gasteiger partial charge < -0.3 is 10.5 Å². The zero-order chi connectivity index (χ0) is 15.0. The minimum absolute atomic E-state index is 0.397. The van der Waals surface area contributed by atoms with Crippen molar-refractivity contribution < 1.29 is 13.2 Å². The van der Waals surface area contributed by atoms with Crippen molar-refractivity contribution in [2.45, 2.75) is 28.3 Å². The van der Waals surface area contributed by atoms with Crippen LogP contribution in [0, 0.1) is 0 Å². The highest BCUT2D eigenvalue weighted by Gasteiger charge is 2.37. The second kappa shape index (κ2) is 5.44. The molecule has 1 aliphatic carbocycles. The maximum atomic E-state index is 12.7. The zero-order valence-corrected chi connectivity index (χ0v) is 13.3. The fourth-order valence-electron chi connectivity index (χ4n) is 2.84. The van der Waals surface area contributed by atoms with E-state index in [0.29, 0.717) is 16.4 Å². The Morgan fingerprint density at radius 1 is 1.33 bits per heavy atom. The van der Waals surface area contributed by atoms with Crippen LogP contribution >= 0.6 is 11.3 Å². The minimum atomic E-state index is -3.38. The maximum Gasteiger partial charge on any atom is 0.192 e. The molecule has 2 aromatic rings. The molecule has 6 heteroatoms. The van der Waals surface area contributed by atoms with Gasteiger partial charge in [0.05, 0.1) is 12.4 Å². The summed E-state index contributed by atoms with van der Waals surface area (Å²) < 4.78 is 31.1. The number of hydrogen-bond acceptors (Lipinski definition) is 5. The lowest BCUT2D eigenvalue weighted by Gasteiger charge is -2.30. The highest BCUT2D eigenvalue weighted by molar-refractivity contribution is 7.94. The van der Waals surface area contributed by atoms with Gasteiger partial charge in [0, 0.05) is 6.04 Å². The van der Waals surface area contributed by atoms with Crippen LogP contribution in [-0.4, -0.2) is 20.8 Å². The molecule has 1 aromatic heterocycles. The molecule has 0 saturated heterocycles.